The summed E-state index contributed by atoms with van der Waals surface area (Å²) < 4.78 is 27.0. The van der Waals surface area contributed by atoms with E-state index >= 15 is 0 Å². The van der Waals surface area contributed by atoms with Crippen LogP contribution in [0.15, 0.2) is 24.3 Å². The first-order chi connectivity index (χ1) is 9.36. The first-order valence-electron chi connectivity index (χ1n) is 7.14. The fourth-order valence-corrected chi connectivity index (χ4v) is 3.64. The van der Waals surface area contributed by atoms with Crippen LogP contribution in [0, 0.1) is 5.92 Å². The third-order valence-corrected chi connectivity index (χ3v) is 4.89. The highest BCUT2D eigenvalue weighted by Gasteiger charge is 2.16. The van der Waals surface area contributed by atoms with E-state index in [1.54, 1.807) is 0 Å². The molecule has 2 unspecified atom stereocenters. The Labute approximate surface area is 122 Å². The van der Waals surface area contributed by atoms with Gasteiger partial charge in [-0.25, -0.2) is 13.1 Å². The van der Waals surface area contributed by atoms with Crippen LogP contribution in [0.5, 0.6) is 0 Å². The molecule has 0 fully saturated rings. The molecule has 0 aliphatic heterocycles. The highest BCUT2D eigenvalue weighted by atomic mass is 32.2. The van der Waals surface area contributed by atoms with E-state index in [-0.39, 0.29) is 11.8 Å². The van der Waals surface area contributed by atoms with Crippen molar-refractivity contribution < 1.29 is 8.42 Å². The van der Waals surface area contributed by atoms with Gasteiger partial charge in [0.15, 0.2) is 0 Å². The Bertz CT molecular complexity index is 514. The molecule has 3 N–H and O–H groups in total. The summed E-state index contributed by atoms with van der Waals surface area (Å²) in [5.74, 6) is 0.527. The van der Waals surface area contributed by atoms with Crippen molar-refractivity contribution in [2.24, 2.45) is 11.7 Å². The second-order valence-corrected chi connectivity index (χ2v) is 7.31. The molecule has 0 amide bonds. The molecule has 20 heavy (non-hydrogen) atoms. The van der Waals surface area contributed by atoms with E-state index in [0.717, 1.165) is 24.0 Å². The number of hydrogen-bond acceptors (Lipinski definition) is 3. The van der Waals surface area contributed by atoms with Gasteiger partial charge in [0.25, 0.3) is 0 Å². The number of rotatable bonds is 8. The van der Waals surface area contributed by atoms with Crippen LogP contribution in [0.2, 0.25) is 0 Å². The minimum atomic E-state index is -3.30. The molecular weight excluding hydrogens is 272 g/mol. The van der Waals surface area contributed by atoms with Crippen molar-refractivity contribution in [1.29, 1.82) is 0 Å². The van der Waals surface area contributed by atoms with Crippen molar-refractivity contribution in [3.8, 4) is 0 Å². The van der Waals surface area contributed by atoms with E-state index in [1.165, 1.54) is 0 Å². The van der Waals surface area contributed by atoms with Gasteiger partial charge in [0.1, 0.15) is 0 Å². The lowest BCUT2D eigenvalue weighted by Gasteiger charge is -2.17. The lowest BCUT2D eigenvalue weighted by molar-refractivity contribution is 0.445. The normalized spacial score (nSPS) is 15.0. The molecule has 5 heteroatoms. The van der Waals surface area contributed by atoms with Crippen LogP contribution >= 0.6 is 0 Å². The topological polar surface area (TPSA) is 72.2 Å². The number of hydrogen-bond donors (Lipinski definition) is 2. The molecule has 0 radical (unpaired) electrons. The zero-order chi connectivity index (χ0) is 15.2. The molecule has 4 nitrogen and oxygen atoms in total. The summed E-state index contributed by atoms with van der Waals surface area (Å²) in [4.78, 5) is 0. The highest BCUT2D eigenvalue weighted by molar-refractivity contribution is 7.88. The summed E-state index contributed by atoms with van der Waals surface area (Å²) in [7, 11) is -3.30. The van der Waals surface area contributed by atoms with Crippen LogP contribution in [-0.4, -0.2) is 14.5 Å². The van der Waals surface area contributed by atoms with Gasteiger partial charge in [-0.15, -0.1) is 0 Å². The van der Waals surface area contributed by atoms with E-state index in [1.807, 2.05) is 31.2 Å². The monoisotopic (exact) mass is 298 g/mol. The van der Waals surface area contributed by atoms with E-state index in [4.69, 9.17) is 5.73 Å². The molecule has 0 aromatic heterocycles. The smallest absolute Gasteiger partial charge is 0.216 e. The second-order valence-electron chi connectivity index (χ2n) is 5.55. The maximum atomic E-state index is 12.1. The average Bonchev–Trinajstić information content (AvgIpc) is 2.37. The number of nitrogens with one attached hydrogen (secondary N) is 1. The van der Waals surface area contributed by atoms with Crippen LogP contribution in [0.3, 0.4) is 0 Å². The van der Waals surface area contributed by atoms with Gasteiger partial charge in [-0.1, -0.05) is 44.5 Å². The maximum Gasteiger partial charge on any atom is 0.216 e. The predicted octanol–water partition coefficient (Wildman–Crippen LogP) is 2.39. The van der Waals surface area contributed by atoms with Crippen LogP contribution in [0.1, 0.15) is 44.7 Å². The molecule has 0 spiro atoms. The summed E-state index contributed by atoms with van der Waals surface area (Å²) in [6, 6.07) is 7.37. The van der Waals surface area contributed by atoms with E-state index in [2.05, 4.69) is 18.6 Å². The molecule has 0 saturated heterocycles. The minimum Gasteiger partial charge on any atom is -0.326 e. The Morgan fingerprint density at radius 3 is 2.50 bits per heavy atom. The Hall–Kier alpha value is -0.910. The van der Waals surface area contributed by atoms with Crippen molar-refractivity contribution in [2.75, 3.05) is 0 Å². The predicted molar refractivity (Wildman–Crippen MR) is 83.6 cm³/mol. The fourth-order valence-electron chi connectivity index (χ4n) is 2.23. The fraction of sp³-hybridized carbons (Fsp3) is 0.600. The first-order valence-corrected chi connectivity index (χ1v) is 8.79. The highest BCUT2D eigenvalue weighted by Crippen LogP contribution is 2.12. The Balaban J connectivity index is 2.65. The average molecular weight is 298 g/mol. The lowest BCUT2D eigenvalue weighted by Crippen LogP contribution is -2.34. The largest absolute Gasteiger partial charge is 0.326 e. The van der Waals surface area contributed by atoms with Crippen LogP contribution in [-0.2, 0) is 22.3 Å². The van der Waals surface area contributed by atoms with Crippen LogP contribution in [0.4, 0.5) is 0 Å². The van der Waals surface area contributed by atoms with Gasteiger partial charge in [-0.2, -0.15) is 0 Å². The zero-order valence-electron chi connectivity index (χ0n) is 12.6. The summed E-state index contributed by atoms with van der Waals surface area (Å²) >= 11 is 0. The van der Waals surface area contributed by atoms with Gasteiger partial charge in [-0.3, -0.25) is 0 Å². The summed E-state index contributed by atoms with van der Waals surface area (Å²) in [5, 5.41) is 0. The number of nitrogens with two attached hydrogens (primary N) is 1. The van der Waals surface area contributed by atoms with Crippen LogP contribution in [0.25, 0.3) is 0 Å². The molecule has 114 valence electrons. The van der Waals surface area contributed by atoms with Gasteiger partial charge >= 0.3 is 0 Å². The molecule has 1 aromatic rings. The summed E-state index contributed by atoms with van der Waals surface area (Å²) in [5.41, 5.74) is 7.29. The van der Waals surface area contributed by atoms with E-state index in [0.29, 0.717) is 12.5 Å². The Morgan fingerprint density at radius 2 is 1.90 bits per heavy atom. The van der Waals surface area contributed by atoms with E-state index in [9.17, 15) is 8.42 Å². The molecule has 0 aliphatic rings. The molecule has 0 bridgehead atoms. The van der Waals surface area contributed by atoms with Gasteiger partial charge in [0.2, 0.25) is 10.0 Å². The van der Waals surface area contributed by atoms with E-state index < -0.39 is 10.0 Å². The molecule has 0 heterocycles. The van der Waals surface area contributed by atoms with Crippen molar-refractivity contribution in [3.63, 3.8) is 0 Å². The standard InChI is InChI=1S/C15H26N2O2S/c1-4-12(2)8-13(3)17-20(18,19)11-15-7-5-6-14(9-15)10-16/h5-7,9,12-13,17H,4,8,10-11,16H2,1-3H3. The molecule has 0 saturated carbocycles. The lowest BCUT2D eigenvalue weighted by atomic mass is 10.0. The SMILES string of the molecule is CCC(C)CC(C)NS(=O)(=O)Cc1cccc(CN)c1. The third-order valence-electron chi connectivity index (χ3n) is 3.42. The summed E-state index contributed by atoms with van der Waals surface area (Å²) in [6.45, 7) is 6.59. The Kier molecular flexibility index (Phi) is 6.65. The number of sulfonamides is 1. The van der Waals surface area contributed by atoms with Gasteiger partial charge in [0.05, 0.1) is 5.75 Å². The number of benzene rings is 1. The second kappa shape index (κ2) is 7.76. The van der Waals surface area contributed by atoms with Gasteiger partial charge < -0.3 is 5.73 Å². The maximum absolute atomic E-state index is 12.1. The molecule has 2 atom stereocenters. The molecule has 1 rings (SSSR count). The molecule has 0 aliphatic carbocycles. The van der Waals surface area contributed by atoms with Gasteiger partial charge in [0, 0.05) is 12.6 Å². The zero-order valence-corrected chi connectivity index (χ0v) is 13.4. The van der Waals surface area contributed by atoms with Crippen LogP contribution < -0.4 is 10.5 Å². The summed E-state index contributed by atoms with van der Waals surface area (Å²) in [6.07, 6.45) is 1.92. The Morgan fingerprint density at radius 1 is 1.25 bits per heavy atom. The van der Waals surface area contributed by atoms with Crippen molar-refractivity contribution in [2.45, 2.75) is 52.0 Å². The first kappa shape index (κ1) is 17.1. The minimum absolute atomic E-state index is 0.00564. The van der Waals surface area contributed by atoms with Gasteiger partial charge in [-0.05, 0) is 30.4 Å². The van der Waals surface area contributed by atoms with Crippen molar-refractivity contribution in [3.05, 3.63) is 35.4 Å². The quantitative estimate of drug-likeness (QED) is 0.774. The van der Waals surface area contributed by atoms with Crippen molar-refractivity contribution in [1.82, 2.24) is 4.72 Å². The van der Waals surface area contributed by atoms with Crippen molar-refractivity contribution >= 4 is 10.0 Å². The molecular formula is C15H26N2O2S. The third kappa shape index (κ3) is 6.03. The molecule has 1 aromatic carbocycles.